The molecule has 3 rings (SSSR count). The van der Waals surface area contributed by atoms with Gasteiger partial charge in [0.2, 0.25) is 0 Å². The number of fused-ring (bicyclic) bond motifs is 1. The van der Waals surface area contributed by atoms with Gasteiger partial charge in [0.15, 0.2) is 0 Å². The highest BCUT2D eigenvalue weighted by atomic mass is 35.5. The van der Waals surface area contributed by atoms with Gasteiger partial charge in [0, 0.05) is 16.6 Å². The molecule has 4 nitrogen and oxygen atoms in total. The second kappa shape index (κ2) is 7.23. The van der Waals surface area contributed by atoms with Gasteiger partial charge in [0.05, 0.1) is 17.4 Å². The van der Waals surface area contributed by atoms with E-state index in [0.717, 1.165) is 22.2 Å². The number of pyridine rings is 1. The first-order valence-electron chi connectivity index (χ1n) is 7.00. The Hall–Kier alpha value is -2.73. The van der Waals surface area contributed by atoms with Gasteiger partial charge >= 0.3 is 6.61 Å². The number of hydrogen-bond acceptors (Lipinski definition) is 4. The number of rotatable bonds is 5. The van der Waals surface area contributed by atoms with Gasteiger partial charge in [-0.2, -0.15) is 13.9 Å². The van der Waals surface area contributed by atoms with E-state index >= 15 is 0 Å². The van der Waals surface area contributed by atoms with E-state index in [0.29, 0.717) is 5.02 Å². The number of halogens is 3. The maximum Gasteiger partial charge on any atom is 0.387 e. The van der Waals surface area contributed by atoms with E-state index < -0.39 is 6.61 Å². The number of hydrogen-bond donors (Lipinski definition) is 1. The molecular weight excluding hydrogens is 336 g/mol. The SMILES string of the molecule is FC(F)Oc1ccc(/C=N\Nc2ccnc3cc(Cl)ccc23)cc1. The van der Waals surface area contributed by atoms with Crippen molar-refractivity contribution in [2.75, 3.05) is 5.43 Å². The first-order chi connectivity index (χ1) is 11.6. The molecule has 2 aromatic carbocycles. The lowest BCUT2D eigenvalue weighted by Crippen LogP contribution is -2.01. The van der Waals surface area contributed by atoms with Gasteiger partial charge in [-0.05, 0) is 54.1 Å². The third kappa shape index (κ3) is 3.97. The van der Waals surface area contributed by atoms with Crippen molar-refractivity contribution in [1.82, 2.24) is 4.98 Å². The number of nitrogens with one attached hydrogen (secondary N) is 1. The fraction of sp³-hybridized carbons (Fsp3) is 0.0588. The predicted octanol–water partition coefficient (Wildman–Crippen LogP) is 4.94. The van der Waals surface area contributed by atoms with Gasteiger partial charge in [-0.3, -0.25) is 10.4 Å². The maximum absolute atomic E-state index is 12.1. The quantitative estimate of drug-likeness (QED) is 0.525. The van der Waals surface area contributed by atoms with Crippen molar-refractivity contribution in [3.05, 3.63) is 65.3 Å². The molecule has 0 aliphatic carbocycles. The van der Waals surface area contributed by atoms with Crippen LogP contribution < -0.4 is 10.2 Å². The summed E-state index contributed by atoms with van der Waals surface area (Å²) in [4.78, 5) is 4.25. The van der Waals surface area contributed by atoms with Crippen LogP contribution in [0, 0.1) is 0 Å². The number of benzene rings is 2. The van der Waals surface area contributed by atoms with Crippen molar-refractivity contribution in [2.45, 2.75) is 6.61 Å². The lowest BCUT2D eigenvalue weighted by Gasteiger charge is -2.05. The molecule has 0 spiro atoms. The molecular formula is C17H12ClF2N3O. The average Bonchev–Trinajstić information content (AvgIpc) is 2.56. The third-order valence-electron chi connectivity index (χ3n) is 3.21. The van der Waals surface area contributed by atoms with Gasteiger partial charge in [-0.25, -0.2) is 0 Å². The van der Waals surface area contributed by atoms with Crippen molar-refractivity contribution >= 4 is 34.4 Å². The van der Waals surface area contributed by atoms with Crippen LogP contribution in [0.15, 0.2) is 59.8 Å². The van der Waals surface area contributed by atoms with Crippen LogP contribution in [0.4, 0.5) is 14.5 Å². The van der Waals surface area contributed by atoms with Crippen LogP contribution in [0.3, 0.4) is 0 Å². The average molecular weight is 348 g/mol. The first kappa shape index (κ1) is 16.1. The van der Waals surface area contributed by atoms with E-state index in [4.69, 9.17) is 11.6 Å². The van der Waals surface area contributed by atoms with Gasteiger partial charge in [0.25, 0.3) is 0 Å². The Bertz CT molecular complexity index is 869. The number of anilines is 1. The summed E-state index contributed by atoms with van der Waals surface area (Å²) < 4.78 is 28.5. The van der Waals surface area contributed by atoms with E-state index in [1.165, 1.54) is 12.1 Å². The standard InChI is InChI=1S/C17H12ClF2N3O/c18-12-3-6-14-15(7-8-21-16(14)9-12)23-22-10-11-1-4-13(5-2-11)24-17(19)20/h1-10,17H,(H,21,23)/b22-10-. The Balaban J connectivity index is 1.72. The van der Waals surface area contributed by atoms with Crippen molar-refractivity contribution in [2.24, 2.45) is 5.10 Å². The summed E-state index contributed by atoms with van der Waals surface area (Å²) in [6.45, 7) is -2.83. The van der Waals surface area contributed by atoms with E-state index in [-0.39, 0.29) is 5.75 Å². The molecule has 0 bridgehead atoms. The second-order valence-electron chi connectivity index (χ2n) is 4.84. The molecule has 7 heteroatoms. The minimum atomic E-state index is -2.83. The Labute approximate surface area is 141 Å². The molecule has 24 heavy (non-hydrogen) atoms. The largest absolute Gasteiger partial charge is 0.435 e. The topological polar surface area (TPSA) is 46.5 Å². The van der Waals surface area contributed by atoms with Crippen molar-refractivity contribution in [3.63, 3.8) is 0 Å². The Morgan fingerprint density at radius 1 is 1.12 bits per heavy atom. The number of aromatic nitrogens is 1. The summed E-state index contributed by atoms with van der Waals surface area (Å²) in [5.41, 5.74) is 5.22. The van der Waals surface area contributed by atoms with Gasteiger partial charge in [0.1, 0.15) is 5.75 Å². The van der Waals surface area contributed by atoms with Crippen LogP contribution in [0.5, 0.6) is 5.75 Å². The number of ether oxygens (including phenoxy) is 1. The van der Waals surface area contributed by atoms with Crippen molar-refractivity contribution in [1.29, 1.82) is 0 Å². The van der Waals surface area contributed by atoms with E-state index in [1.54, 1.807) is 42.7 Å². The minimum absolute atomic E-state index is 0.104. The predicted molar refractivity (Wildman–Crippen MR) is 91.0 cm³/mol. The monoisotopic (exact) mass is 347 g/mol. The normalized spacial score (nSPS) is 11.3. The maximum atomic E-state index is 12.1. The molecule has 1 heterocycles. The lowest BCUT2D eigenvalue weighted by molar-refractivity contribution is -0.0498. The Morgan fingerprint density at radius 2 is 1.92 bits per heavy atom. The highest BCUT2D eigenvalue weighted by Gasteiger charge is 2.03. The molecule has 0 amide bonds. The van der Waals surface area contributed by atoms with E-state index in [2.05, 4.69) is 20.2 Å². The number of hydrazone groups is 1. The molecule has 0 aliphatic heterocycles. The Morgan fingerprint density at radius 3 is 2.67 bits per heavy atom. The summed E-state index contributed by atoms with van der Waals surface area (Å²) in [6, 6.07) is 13.4. The Kier molecular flexibility index (Phi) is 4.86. The molecule has 1 aromatic heterocycles. The zero-order valence-electron chi connectivity index (χ0n) is 12.3. The molecule has 3 aromatic rings. The fourth-order valence-corrected chi connectivity index (χ4v) is 2.30. The first-order valence-corrected chi connectivity index (χ1v) is 7.38. The minimum Gasteiger partial charge on any atom is -0.435 e. The summed E-state index contributed by atoms with van der Waals surface area (Å²) in [5, 5.41) is 5.65. The smallest absolute Gasteiger partial charge is 0.387 e. The van der Waals surface area contributed by atoms with Crippen LogP contribution in [-0.4, -0.2) is 17.8 Å². The molecule has 0 saturated carbocycles. The number of nitrogens with zero attached hydrogens (tertiary/aromatic N) is 2. The van der Waals surface area contributed by atoms with Gasteiger partial charge in [-0.15, -0.1) is 0 Å². The molecule has 0 unspecified atom stereocenters. The zero-order valence-corrected chi connectivity index (χ0v) is 13.0. The highest BCUT2D eigenvalue weighted by molar-refractivity contribution is 6.31. The van der Waals surface area contributed by atoms with Gasteiger partial charge < -0.3 is 4.74 Å². The number of alkyl halides is 2. The highest BCUT2D eigenvalue weighted by Crippen LogP contribution is 2.24. The van der Waals surface area contributed by atoms with Gasteiger partial charge in [-0.1, -0.05) is 11.6 Å². The summed E-state index contributed by atoms with van der Waals surface area (Å²) >= 11 is 5.95. The fourth-order valence-electron chi connectivity index (χ4n) is 2.13. The van der Waals surface area contributed by atoms with Crippen LogP contribution in [0.2, 0.25) is 5.02 Å². The molecule has 1 N–H and O–H groups in total. The van der Waals surface area contributed by atoms with Crippen LogP contribution in [0.1, 0.15) is 5.56 Å². The van der Waals surface area contributed by atoms with Crippen LogP contribution in [-0.2, 0) is 0 Å². The van der Waals surface area contributed by atoms with Crippen LogP contribution in [0.25, 0.3) is 10.9 Å². The summed E-state index contributed by atoms with van der Waals surface area (Å²) in [7, 11) is 0. The summed E-state index contributed by atoms with van der Waals surface area (Å²) in [5.74, 6) is 0.104. The molecule has 0 fully saturated rings. The van der Waals surface area contributed by atoms with Crippen LogP contribution >= 0.6 is 11.6 Å². The van der Waals surface area contributed by atoms with E-state index in [1.807, 2.05) is 6.07 Å². The lowest BCUT2D eigenvalue weighted by atomic mass is 10.2. The molecule has 0 saturated heterocycles. The zero-order chi connectivity index (χ0) is 16.9. The third-order valence-corrected chi connectivity index (χ3v) is 3.44. The molecule has 0 atom stereocenters. The van der Waals surface area contributed by atoms with Crippen molar-refractivity contribution < 1.29 is 13.5 Å². The summed E-state index contributed by atoms with van der Waals surface area (Å²) in [6.07, 6.45) is 3.24. The van der Waals surface area contributed by atoms with E-state index in [9.17, 15) is 8.78 Å². The van der Waals surface area contributed by atoms with Crippen molar-refractivity contribution in [3.8, 4) is 5.75 Å². The molecule has 0 radical (unpaired) electrons. The molecule has 0 aliphatic rings. The second-order valence-corrected chi connectivity index (χ2v) is 5.27. The molecule has 122 valence electrons.